The minimum absolute atomic E-state index is 0.0659. The van der Waals surface area contributed by atoms with E-state index in [0.29, 0.717) is 31.0 Å². The molecule has 9 nitrogen and oxygen atoms in total. The van der Waals surface area contributed by atoms with Crippen LogP contribution in [0.3, 0.4) is 0 Å². The monoisotopic (exact) mass is 660 g/mol. The first-order valence-electron chi connectivity index (χ1n) is 18.6. The second-order valence-corrected chi connectivity index (χ2v) is 16.1. The third-order valence-corrected chi connectivity index (χ3v) is 12.9. The summed E-state index contributed by atoms with van der Waals surface area (Å²) in [5, 5.41) is 3.09. The van der Waals surface area contributed by atoms with Crippen LogP contribution in [0.25, 0.3) is 0 Å². The van der Waals surface area contributed by atoms with Crippen LogP contribution in [-0.2, 0) is 27.2 Å². The number of likely N-dealkylation sites (tertiary alicyclic amines) is 2. The van der Waals surface area contributed by atoms with Gasteiger partial charge >= 0.3 is 0 Å². The lowest BCUT2D eigenvalue weighted by molar-refractivity contribution is -0.218. The first-order chi connectivity index (χ1) is 23.2. The largest absolute Gasteiger partial charge is 0.369 e. The maximum Gasteiger partial charge on any atom is 0.256 e. The van der Waals surface area contributed by atoms with Gasteiger partial charge in [0.05, 0.1) is 48.3 Å². The summed E-state index contributed by atoms with van der Waals surface area (Å²) in [4.78, 5) is 41.6. The highest BCUT2D eigenvalue weighted by Gasteiger charge is 2.61. The van der Waals surface area contributed by atoms with Crippen molar-refractivity contribution in [1.29, 1.82) is 0 Å². The number of carbonyl (C=O) groups is 2. The maximum atomic E-state index is 16.6. The van der Waals surface area contributed by atoms with Crippen molar-refractivity contribution >= 4 is 18.0 Å². The van der Waals surface area contributed by atoms with Crippen molar-refractivity contribution in [1.82, 2.24) is 24.9 Å². The summed E-state index contributed by atoms with van der Waals surface area (Å²) in [5.74, 6) is -0.0784. The van der Waals surface area contributed by atoms with Crippen LogP contribution >= 0.6 is 0 Å². The van der Waals surface area contributed by atoms with Gasteiger partial charge in [0.15, 0.2) is 5.78 Å². The number of Topliss-reactive ketones (excluding diaryl/α,β-unsaturated/α-hetero) is 1. The van der Waals surface area contributed by atoms with Crippen molar-refractivity contribution < 1.29 is 18.7 Å². The van der Waals surface area contributed by atoms with Crippen LogP contribution in [0, 0.1) is 17.8 Å². The van der Waals surface area contributed by atoms with Gasteiger partial charge in [-0.25, -0.2) is 4.39 Å². The molecule has 0 radical (unpaired) electrons. The molecule has 1 aromatic rings. The molecule has 4 heterocycles. The number of hydrogen-bond donors (Lipinski definition) is 1. The van der Waals surface area contributed by atoms with Crippen molar-refractivity contribution in [3.05, 3.63) is 47.2 Å². The zero-order valence-electron chi connectivity index (χ0n) is 28.8. The SMILES string of the molecule is CN(C)C=NC1CCN(C2C(F)CC3C(=O)C(C(=O)NCCC4CCCN4C)=CN4C5CC6Cc7ccccc7CC6CC5OC2C34)C1. The zero-order valence-corrected chi connectivity index (χ0v) is 28.8. The molecular weight excluding hydrogens is 607 g/mol. The fraction of sp³-hybridized carbons (Fsp3) is 0.711. The van der Waals surface area contributed by atoms with E-state index in [1.165, 1.54) is 17.5 Å². The Balaban J connectivity index is 1.08. The molecule has 2 saturated carbocycles. The average molecular weight is 661 g/mol. The number of amides is 1. The number of nitrogens with zero attached hydrogens (tertiary/aromatic N) is 5. The summed E-state index contributed by atoms with van der Waals surface area (Å²) in [6.45, 7) is 3.08. The molecule has 11 unspecified atom stereocenters. The van der Waals surface area contributed by atoms with Crippen LogP contribution in [0.4, 0.5) is 4.39 Å². The van der Waals surface area contributed by atoms with Crippen LogP contribution in [0.2, 0.25) is 0 Å². The van der Waals surface area contributed by atoms with E-state index in [-0.39, 0.29) is 47.9 Å². The first-order valence-corrected chi connectivity index (χ1v) is 18.6. The number of fused-ring (bicyclic) bond motifs is 4. The van der Waals surface area contributed by atoms with Gasteiger partial charge in [-0.05, 0) is 94.3 Å². The number of benzene rings is 1. The number of ketones is 1. The second-order valence-electron chi connectivity index (χ2n) is 16.1. The van der Waals surface area contributed by atoms with E-state index in [9.17, 15) is 9.59 Å². The Labute approximate surface area is 284 Å². The van der Waals surface area contributed by atoms with E-state index in [1.807, 2.05) is 31.5 Å². The molecule has 48 heavy (non-hydrogen) atoms. The Hall–Kier alpha value is -2.82. The summed E-state index contributed by atoms with van der Waals surface area (Å²) in [6.07, 6.45) is 10.2. The van der Waals surface area contributed by atoms with Gasteiger partial charge in [0.1, 0.15) is 6.17 Å². The second kappa shape index (κ2) is 13.1. The molecule has 8 rings (SSSR count). The smallest absolute Gasteiger partial charge is 0.256 e. The molecular formula is C38H53FN6O3. The first kappa shape index (κ1) is 32.4. The van der Waals surface area contributed by atoms with Crippen molar-refractivity contribution in [2.75, 3.05) is 47.3 Å². The van der Waals surface area contributed by atoms with E-state index in [4.69, 9.17) is 9.73 Å². The van der Waals surface area contributed by atoms with E-state index in [1.54, 1.807) is 0 Å². The highest BCUT2D eigenvalue weighted by Crippen LogP contribution is 2.50. The van der Waals surface area contributed by atoms with Gasteiger partial charge in [-0.2, -0.15) is 0 Å². The third kappa shape index (κ3) is 5.89. The molecule has 0 spiro atoms. The van der Waals surface area contributed by atoms with Crippen molar-refractivity contribution in [3.8, 4) is 0 Å². The number of halogens is 1. The molecule has 1 aromatic carbocycles. The van der Waals surface area contributed by atoms with Crippen molar-refractivity contribution in [2.45, 2.75) is 106 Å². The number of hydrogen-bond acceptors (Lipinski definition) is 7. The number of aliphatic imine (C=N–C) groups is 1. The summed E-state index contributed by atoms with van der Waals surface area (Å²) in [5.41, 5.74) is 3.09. The molecule has 7 aliphatic rings. The zero-order chi connectivity index (χ0) is 33.1. The molecule has 10 heteroatoms. The summed E-state index contributed by atoms with van der Waals surface area (Å²) < 4.78 is 23.7. The van der Waals surface area contributed by atoms with Crippen LogP contribution in [0.5, 0.6) is 0 Å². The van der Waals surface area contributed by atoms with Crippen LogP contribution in [0.15, 0.2) is 41.0 Å². The van der Waals surface area contributed by atoms with Gasteiger partial charge in [0.2, 0.25) is 0 Å². The van der Waals surface area contributed by atoms with Crippen molar-refractivity contribution in [2.24, 2.45) is 22.7 Å². The molecule has 11 atom stereocenters. The Kier molecular flexibility index (Phi) is 8.87. The van der Waals surface area contributed by atoms with Gasteiger partial charge in [-0.15, -0.1) is 0 Å². The van der Waals surface area contributed by atoms with E-state index >= 15 is 4.39 Å². The molecule has 5 fully saturated rings. The van der Waals surface area contributed by atoms with Gasteiger partial charge in [0.25, 0.3) is 5.91 Å². The lowest BCUT2D eigenvalue weighted by Gasteiger charge is -2.61. The highest BCUT2D eigenvalue weighted by molar-refractivity contribution is 6.20. The number of rotatable bonds is 7. The van der Waals surface area contributed by atoms with Gasteiger partial charge in [0, 0.05) is 51.9 Å². The van der Waals surface area contributed by atoms with E-state index < -0.39 is 24.2 Å². The predicted octanol–water partition coefficient (Wildman–Crippen LogP) is 3.08. The van der Waals surface area contributed by atoms with Crippen molar-refractivity contribution in [3.63, 3.8) is 0 Å². The Morgan fingerprint density at radius 2 is 1.85 bits per heavy atom. The topological polar surface area (TPSA) is 80.7 Å². The molecule has 0 aromatic heterocycles. The Bertz CT molecular complexity index is 1450. The van der Waals surface area contributed by atoms with Gasteiger partial charge < -0.3 is 24.8 Å². The van der Waals surface area contributed by atoms with E-state index in [0.717, 1.165) is 58.0 Å². The molecule has 1 N–H and O–H groups in total. The molecule has 260 valence electrons. The molecule has 3 aliphatic carbocycles. The van der Waals surface area contributed by atoms with Crippen LogP contribution < -0.4 is 5.32 Å². The number of carbonyl (C=O) groups excluding carboxylic acids is 2. The lowest BCUT2D eigenvalue weighted by Crippen LogP contribution is -2.73. The highest BCUT2D eigenvalue weighted by atomic mass is 19.1. The standard InChI is InChI=1S/C38H53FN6O3/c1-42(2)22-41-27-11-14-44(20-27)35-31(39)19-29-34-37(35)48-33-18-26-16-24-8-5-4-7-23(24)15-25(26)17-32(33)45(34)21-30(36(29)46)38(47)40-12-10-28-9-6-13-43(28)3/h4-5,7-8,21-22,25-29,31-35,37H,6,9-20H2,1-3H3,(H,40,47). The molecule has 4 aliphatic heterocycles. The van der Waals surface area contributed by atoms with Crippen LogP contribution in [-0.4, -0.2) is 134 Å². The minimum atomic E-state index is -1.21. The number of ether oxygens (including phenoxy) is 1. The minimum Gasteiger partial charge on any atom is -0.369 e. The predicted molar refractivity (Wildman–Crippen MR) is 183 cm³/mol. The molecule has 1 amide bonds. The van der Waals surface area contributed by atoms with Crippen LogP contribution in [0.1, 0.15) is 56.1 Å². The average Bonchev–Trinajstić information content (AvgIpc) is 3.71. The van der Waals surface area contributed by atoms with Gasteiger partial charge in [-0.3, -0.25) is 19.5 Å². The maximum absolute atomic E-state index is 16.6. The fourth-order valence-corrected chi connectivity index (χ4v) is 10.5. The number of morpholine rings is 1. The third-order valence-electron chi connectivity index (χ3n) is 12.9. The number of alkyl halides is 1. The Morgan fingerprint density at radius 3 is 2.58 bits per heavy atom. The fourth-order valence-electron chi connectivity index (χ4n) is 10.5. The Morgan fingerprint density at radius 1 is 1.08 bits per heavy atom. The summed E-state index contributed by atoms with van der Waals surface area (Å²) in [7, 11) is 6.07. The normalized spacial score (nSPS) is 39.4. The molecule has 0 bridgehead atoms. The van der Waals surface area contributed by atoms with E-state index in [2.05, 4.69) is 51.3 Å². The number of nitrogens with one attached hydrogen (secondary N) is 1. The lowest BCUT2D eigenvalue weighted by atomic mass is 9.64. The summed E-state index contributed by atoms with van der Waals surface area (Å²) >= 11 is 0. The van der Waals surface area contributed by atoms with Gasteiger partial charge in [-0.1, -0.05) is 24.3 Å². The summed E-state index contributed by atoms with van der Waals surface area (Å²) in [6, 6.07) is 8.76. The molecule has 3 saturated heterocycles. The quantitative estimate of drug-likeness (QED) is 0.274.